The third kappa shape index (κ3) is 7.12. The molecule has 0 aromatic carbocycles. The minimum absolute atomic E-state index is 0.0475. The summed E-state index contributed by atoms with van der Waals surface area (Å²) in [6, 6.07) is -1.70. The van der Waals surface area contributed by atoms with Crippen molar-refractivity contribution in [1.29, 1.82) is 0 Å². The molecule has 31 heavy (non-hydrogen) atoms. The molecular weight excluding hydrogens is 408 g/mol. The molecule has 1 saturated heterocycles. The number of carboxylic acid groups (broad SMARTS) is 1. The van der Waals surface area contributed by atoms with Crippen LogP contribution in [-0.2, 0) is 19.1 Å². The number of nitrogens with one attached hydrogen (secondary N) is 1. The third-order valence-electron chi connectivity index (χ3n) is 5.29. The van der Waals surface area contributed by atoms with E-state index in [9.17, 15) is 19.5 Å². The topological polar surface area (TPSA) is 157 Å². The number of rotatable bonds is 8. The Balaban J connectivity index is 2.09. The van der Waals surface area contributed by atoms with Gasteiger partial charge < -0.3 is 24.8 Å². The Hall–Kier alpha value is -2.82. The van der Waals surface area contributed by atoms with Gasteiger partial charge in [0.25, 0.3) is 0 Å². The summed E-state index contributed by atoms with van der Waals surface area (Å²) in [6.45, 7) is 2.94. The van der Waals surface area contributed by atoms with E-state index in [2.05, 4.69) is 15.3 Å². The van der Waals surface area contributed by atoms with E-state index in [1.807, 2.05) is 4.90 Å². The van der Waals surface area contributed by atoms with Crippen molar-refractivity contribution >= 4 is 18.0 Å². The van der Waals surface area contributed by atoms with Crippen LogP contribution < -0.4 is 5.32 Å². The van der Waals surface area contributed by atoms with Crippen molar-refractivity contribution in [2.45, 2.75) is 50.4 Å². The predicted octanol–water partition coefficient (Wildman–Crippen LogP) is 1.13. The summed E-state index contributed by atoms with van der Waals surface area (Å²) in [4.78, 5) is 41.1. The number of aliphatic carboxylic acids is 1. The van der Waals surface area contributed by atoms with E-state index in [-0.39, 0.29) is 37.2 Å². The summed E-state index contributed by atoms with van der Waals surface area (Å²) >= 11 is 0. The number of hydrogen-bond acceptors (Lipinski definition) is 7. The summed E-state index contributed by atoms with van der Waals surface area (Å²) < 4.78 is 10.9. The van der Waals surface area contributed by atoms with Gasteiger partial charge in [0.1, 0.15) is 6.61 Å². The van der Waals surface area contributed by atoms with Crippen molar-refractivity contribution in [1.82, 2.24) is 15.1 Å². The molecule has 4 atom stereocenters. The minimum atomic E-state index is -1.07. The smallest absolute Gasteiger partial charge is 0.409 e. The number of piperidine rings is 1. The van der Waals surface area contributed by atoms with Crippen LogP contribution in [0, 0.1) is 0 Å². The van der Waals surface area contributed by atoms with Crippen molar-refractivity contribution in [3.8, 4) is 0 Å². The van der Waals surface area contributed by atoms with E-state index >= 15 is 0 Å². The van der Waals surface area contributed by atoms with E-state index in [0.29, 0.717) is 13.1 Å². The van der Waals surface area contributed by atoms with Crippen molar-refractivity contribution in [2.75, 3.05) is 40.4 Å². The number of ether oxygens (including phenoxy) is 2. The summed E-state index contributed by atoms with van der Waals surface area (Å²) in [5, 5.41) is 16.1. The fourth-order valence-electron chi connectivity index (χ4n) is 3.89. The number of hydrogen-bond donors (Lipinski definition) is 2. The van der Waals surface area contributed by atoms with Crippen molar-refractivity contribution in [3.05, 3.63) is 22.1 Å². The summed E-state index contributed by atoms with van der Waals surface area (Å²) in [6.07, 6.45) is 2.73. The summed E-state index contributed by atoms with van der Waals surface area (Å²) in [7, 11) is 3.20. The number of azide groups is 1. The highest BCUT2D eigenvalue weighted by molar-refractivity contribution is 5.87. The lowest BCUT2D eigenvalue weighted by Crippen LogP contribution is -2.59. The van der Waals surface area contributed by atoms with Gasteiger partial charge in [-0.15, -0.1) is 0 Å². The Morgan fingerprint density at radius 2 is 2.13 bits per heavy atom. The van der Waals surface area contributed by atoms with Crippen LogP contribution in [0.2, 0.25) is 0 Å². The number of nitrogens with zero attached hydrogens (tertiary/aromatic N) is 5. The van der Waals surface area contributed by atoms with Gasteiger partial charge in [-0.2, -0.15) is 0 Å². The monoisotopic (exact) mass is 438 g/mol. The normalized spacial score (nSPS) is 26.2. The van der Waals surface area contributed by atoms with Crippen molar-refractivity contribution < 1.29 is 29.0 Å². The third-order valence-corrected chi connectivity index (χ3v) is 5.29. The van der Waals surface area contributed by atoms with Crippen LogP contribution in [0.25, 0.3) is 10.4 Å². The van der Waals surface area contributed by atoms with Crippen LogP contribution >= 0.6 is 0 Å². The van der Waals surface area contributed by atoms with Crippen molar-refractivity contribution in [3.63, 3.8) is 0 Å². The minimum Gasteiger partial charge on any atom is -0.478 e. The van der Waals surface area contributed by atoms with Crippen LogP contribution in [0.4, 0.5) is 4.79 Å². The first kappa shape index (κ1) is 24.4. The van der Waals surface area contributed by atoms with Gasteiger partial charge in [-0.25, -0.2) is 9.59 Å². The molecule has 0 unspecified atom stereocenters. The number of likely N-dealkylation sites (tertiary alicyclic amines) is 1. The highest BCUT2D eigenvalue weighted by Gasteiger charge is 2.39. The first-order chi connectivity index (χ1) is 14.7. The van der Waals surface area contributed by atoms with Gasteiger partial charge in [0.2, 0.25) is 5.91 Å². The first-order valence-electron chi connectivity index (χ1n) is 10.2. The Morgan fingerprint density at radius 3 is 2.74 bits per heavy atom. The lowest BCUT2D eigenvalue weighted by atomic mass is 9.85. The van der Waals surface area contributed by atoms with Gasteiger partial charge in [0.05, 0.1) is 24.8 Å². The van der Waals surface area contributed by atoms with E-state index < -0.39 is 30.2 Å². The van der Waals surface area contributed by atoms with Crippen LogP contribution in [-0.4, -0.2) is 97.5 Å². The molecule has 172 valence electrons. The molecule has 0 aromatic heterocycles. The number of amides is 2. The number of carboxylic acids is 1. The molecule has 12 nitrogen and oxygen atoms in total. The SMILES string of the molecule is CC(=O)N[C@@H]1[C@@H](N=[N+]=[N-])CC(C(=O)O)=C[C@H]1N1CCC[C@H](OCCOC(=O)N(C)C)C1. The van der Waals surface area contributed by atoms with Crippen molar-refractivity contribution in [2.24, 2.45) is 5.11 Å². The fraction of sp³-hybridized carbons (Fsp3) is 0.737. The fourth-order valence-corrected chi connectivity index (χ4v) is 3.89. The lowest BCUT2D eigenvalue weighted by molar-refractivity contribution is -0.133. The molecule has 2 rings (SSSR count). The molecule has 1 fully saturated rings. The number of carbonyl (C=O) groups excluding carboxylic acids is 2. The highest BCUT2D eigenvalue weighted by Crippen LogP contribution is 2.28. The molecule has 1 aliphatic carbocycles. The highest BCUT2D eigenvalue weighted by atomic mass is 16.6. The van der Waals surface area contributed by atoms with Gasteiger partial charge in [0.15, 0.2) is 0 Å². The molecule has 0 aromatic rings. The Bertz CT molecular complexity index is 750. The quantitative estimate of drug-likeness (QED) is 0.249. The molecule has 1 heterocycles. The van der Waals surface area contributed by atoms with Gasteiger partial charge in [-0.3, -0.25) is 9.69 Å². The largest absolute Gasteiger partial charge is 0.478 e. The predicted molar refractivity (Wildman–Crippen MR) is 110 cm³/mol. The molecule has 12 heteroatoms. The van der Waals surface area contributed by atoms with E-state index in [1.165, 1.54) is 11.8 Å². The maximum Gasteiger partial charge on any atom is 0.409 e. The molecule has 0 bridgehead atoms. The molecule has 2 amide bonds. The second kappa shape index (κ2) is 11.5. The Morgan fingerprint density at radius 1 is 1.39 bits per heavy atom. The van der Waals surface area contributed by atoms with Crippen LogP contribution in [0.3, 0.4) is 0 Å². The molecule has 1 aliphatic heterocycles. The summed E-state index contributed by atoms with van der Waals surface area (Å²) in [5.74, 6) is -1.36. The zero-order valence-corrected chi connectivity index (χ0v) is 18.1. The van der Waals surface area contributed by atoms with E-state index in [0.717, 1.165) is 12.8 Å². The van der Waals surface area contributed by atoms with Crippen LogP contribution in [0.1, 0.15) is 26.2 Å². The number of carbonyl (C=O) groups is 3. The zero-order chi connectivity index (χ0) is 23.0. The van der Waals surface area contributed by atoms with Crippen LogP contribution in [0.15, 0.2) is 16.8 Å². The van der Waals surface area contributed by atoms with Gasteiger partial charge >= 0.3 is 12.1 Å². The average molecular weight is 438 g/mol. The Labute approximate surface area is 180 Å². The Kier molecular flexibility index (Phi) is 9.10. The van der Waals surface area contributed by atoms with Gasteiger partial charge in [-0.1, -0.05) is 11.2 Å². The molecule has 2 aliphatic rings. The summed E-state index contributed by atoms with van der Waals surface area (Å²) in [5.41, 5.74) is 9.09. The maximum absolute atomic E-state index is 11.8. The molecular formula is C19H30N6O6. The first-order valence-corrected chi connectivity index (χ1v) is 10.2. The molecule has 0 saturated carbocycles. The standard InChI is InChI=1S/C19H30N6O6/c1-12(26)21-17-15(22-23-20)9-13(18(27)28)10-16(17)25-6-4-5-14(11-25)30-7-8-31-19(29)24(2)3/h10,14-17H,4-9,11H2,1-3H3,(H,21,26)(H,27,28)/t14-,15-,16+,17+/m0/s1. The molecule has 2 N–H and O–H groups in total. The molecule has 0 spiro atoms. The van der Waals surface area contributed by atoms with E-state index in [1.54, 1.807) is 20.2 Å². The molecule has 0 radical (unpaired) electrons. The zero-order valence-electron chi connectivity index (χ0n) is 18.1. The second-order valence-electron chi connectivity index (χ2n) is 7.83. The second-order valence-corrected chi connectivity index (χ2v) is 7.83. The average Bonchev–Trinajstić information content (AvgIpc) is 2.72. The van der Waals surface area contributed by atoms with Gasteiger partial charge in [0, 0.05) is 44.1 Å². The van der Waals surface area contributed by atoms with E-state index in [4.69, 9.17) is 15.0 Å². The lowest BCUT2D eigenvalue weighted by Gasteiger charge is -2.44. The van der Waals surface area contributed by atoms with Gasteiger partial charge in [-0.05, 0) is 31.3 Å². The maximum atomic E-state index is 11.8. The van der Waals surface area contributed by atoms with Crippen LogP contribution in [0.5, 0.6) is 0 Å².